The third kappa shape index (κ3) is 2.90. The summed E-state index contributed by atoms with van der Waals surface area (Å²) in [6, 6.07) is 5.64. The lowest BCUT2D eigenvalue weighted by Gasteiger charge is -2.13. The zero-order valence-corrected chi connectivity index (χ0v) is 11.5. The van der Waals surface area contributed by atoms with E-state index < -0.39 is 22.2 Å². The zero-order valence-electron chi connectivity index (χ0n) is 10.6. The number of cyclic esters (lactones) is 1. The summed E-state index contributed by atoms with van der Waals surface area (Å²) >= 11 is 0. The second kappa shape index (κ2) is 5.75. The summed E-state index contributed by atoms with van der Waals surface area (Å²) < 4.78 is 28.2. The minimum atomic E-state index is -3.73. The van der Waals surface area contributed by atoms with Crippen LogP contribution in [0, 0.1) is 0 Å². The molecule has 0 aliphatic carbocycles. The van der Waals surface area contributed by atoms with Crippen molar-refractivity contribution in [2.45, 2.75) is 11.0 Å². The first kappa shape index (κ1) is 14.7. The normalized spacial score (nSPS) is 19.2. The Kier molecular flexibility index (Phi) is 4.23. The molecule has 0 radical (unpaired) electrons. The fourth-order valence-corrected chi connectivity index (χ4v) is 2.60. The summed E-state index contributed by atoms with van der Waals surface area (Å²) in [4.78, 5) is 19.2. The van der Waals surface area contributed by atoms with Gasteiger partial charge in [-0.1, -0.05) is 4.89 Å². The van der Waals surface area contributed by atoms with Crippen LogP contribution in [0.3, 0.4) is 0 Å². The molecule has 2 N–H and O–H groups in total. The van der Waals surface area contributed by atoms with Gasteiger partial charge in [0.05, 0.1) is 25.2 Å². The van der Waals surface area contributed by atoms with Gasteiger partial charge in [-0.15, -0.1) is 0 Å². The molecule has 1 fully saturated rings. The van der Waals surface area contributed by atoms with E-state index in [2.05, 4.69) is 4.84 Å². The van der Waals surface area contributed by atoms with Gasteiger partial charge in [-0.2, -0.15) is 0 Å². The molecule has 0 spiro atoms. The van der Waals surface area contributed by atoms with Crippen LogP contribution in [0.4, 0.5) is 10.5 Å². The summed E-state index contributed by atoms with van der Waals surface area (Å²) in [5.41, 5.74) is 0.488. The number of benzene rings is 1. The second-order valence-corrected chi connectivity index (χ2v) is 5.73. The molecule has 2 rings (SSSR count). The number of rotatable bonds is 5. The number of aliphatic hydroxyl groups excluding tert-OH is 1. The molecule has 1 saturated heterocycles. The van der Waals surface area contributed by atoms with Gasteiger partial charge in [-0.05, 0) is 24.3 Å². The molecule has 1 aromatic rings. The highest BCUT2D eigenvalue weighted by Crippen LogP contribution is 2.23. The molecular formula is C11H14N2O6S. The van der Waals surface area contributed by atoms with Gasteiger partial charge in [0.25, 0.3) is 10.0 Å². The van der Waals surface area contributed by atoms with Crippen LogP contribution in [0.1, 0.15) is 0 Å². The van der Waals surface area contributed by atoms with E-state index in [1.165, 1.54) is 36.3 Å². The minimum absolute atomic E-state index is 0.00868. The van der Waals surface area contributed by atoms with Crippen molar-refractivity contribution >= 4 is 21.8 Å². The molecule has 1 aromatic carbocycles. The van der Waals surface area contributed by atoms with Crippen molar-refractivity contribution in [1.82, 2.24) is 4.89 Å². The molecule has 20 heavy (non-hydrogen) atoms. The molecule has 110 valence electrons. The molecule has 0 aromatic heterocycles. The van der Waals surface area contributed by atoms with Crippen molar-refractivity contribution < 1.29 is 27.9 Å². The first-order chi connectivity index (χ1) is 9.47. The number of sulfonamides is 1. The van der Waals surface area contributed by atoms with Crippen LogP contribution in [0.25, 0.3) is 0 Å². The monoisotopic (exact) mass is 302 g/mol. The van der Waals surface area contributed by atoms with Crippen LogP contribution in [0.2, 0.25) is 0 Å². The molecule has 0 unspecified atom stereocenters. The number of hydrogen-bond acceptors (Lipinski definition) is 6. The highest BCUT2D eigenvalue weighted by molar-refractivity contribution is 7.89. The number of carbonyl (C=O) groups excluding carboxylic acids is 1. The summed E-state index contributed by atoms with van der Waals surface area (Å²) in [5, 5.41) is 8.95. The van der Waals surface area contributed by atoms with Crippen molar-refractivity contribution in [1.29, 1.82) is 0 Å². The van der Waals surface area contributed by atoms with Crippen molar-refractivity contribution in [3.63, 3.8) is 0 Å². The zero-order chi connectivity index (χ0) is 14.8. The van der Waals surface area contributed by atoms with Gasteiger partial charge >= 0.3 is 6.09 Å². The minimum Gasteiger partial charge on any atom is -0.441 e. The Labute approximate surface area is 115 Å². The van der Waals surface area contributed by atoms with Gasteiger partial charge in [-0.25, -0.2) is 13.2 Å². The number of aliphatic hydroxyl groups is 1. The lowest BCUT2D eigenvalue weighted by atomic mass is 10.3. The Bertz CT molecular complexity index is 585. The number of amides is 1. The number of ether oxygens (including phenoxy) is 1. The van der Waals surface area contributed by atoms with E-state index in [-0.39, 0.29) is 18.0 Å². The fourth-order valence-electron chi connectivity index (χ4n) is 1.79. The molecule has 1 atom stereocenters. The maximum atomic E-state index is 11.7. The fraction of sp³-hybridized carbons (Fsp3) is 0.364. The number of nitrogens with zero attached hydrogens (tertiary/aromatic N) is 1. The highest BCUT2D eigenvalue weighted by Gasteiger charge is 2.31. The van der Waals surface area contributed by atoms with Crippen LogP contribution < -0.4 is 9.79 Å². The van der Waals surface area contributed by atoms with Crippen LogP contribution in [0.5, 0.6) is 0 Å². The van der Waals surface area contributed by atoms with Crippen LogP contribution in [-0.4, -0.2) is 46.0 Å². The number of hydrogen-bond donors (Lipinski definition) is 2. The Hall–Kier alpha value is -1.68. The van der Waals surface area contributed by atoms with Crippen LogP contribution >= 0.6 is 0 Å². The maximum absolute atomic E-state index is 11.7. The third-order valence-corrected chi connectivity index (χ3v) is 4.01. The van der Waals surface area contributed by atoms with E-state index in [9.17, 15) is 13.2 Å². The molecule has 1 amide bonds. The standard InChI is InChI=1S/C11H14N2O6S/c1-18-12-20(16,17)10-4-2-8(3-5-10)13-6-9(7-14)19-11(13)15/h2-5,9,12,14H,6-7H2,1H3/t9-/m0/s1. The molecule has 8 nitrogen and oxygen atoms in total. The SMILES string of the molecule is CONS(=O)(=O)c1ccc(N2C[C@@H](CO)OC2=O)cc1. The van der Waals surface area contributed by atoms with E-state index in [0.29, 0.717) is 5.69 Å². The lowest BCUT2D eigenvalue weighted by molar-refractivity contribution is 0.0963. The predicted octanol–water partition coefficient (Wildman–Crippen LogP) is -0.156. The largest absolute Gasteiger partial charge is 0.441 e. The molecule has 9 heteroatoms. The van der Waals surface area contributed by atoms with Gasteiger partial charge < -0.3 is 9.84 Å². The first-order valence-electron chi connectivity index (χ1n) is 5.72. The van der Waals surface area contributed by atoms with Gasteiger partial charge in [0.1, 0.15) is 6.10 Å². The molecule has 0 bridgehead atoms. The highest BCUT2D eigenvalue weighted by atomic mass is 32.2. The third-order valence-electron chi connectivity index (χ3n) is 2.73. The van der Waals surface area contributed by atoms with Gasteiger partial charge in [-0.3, -0.25) is 9.74 Å². The number of carbonyl (C=O) groups is 1. The Balaban J connectivity index is 2.19. The van der Waals surface area contributed by atoms with E-state index in [4.69, 9.17) is 9.84 Å². The summed E-state index contributed by atoms with van der Waals surface area (Å²) in [7, 11) is -2.53. The maximum Gasteiger partial charge on any atom is 0.414 e. The van der Waals surface area contributed by atoms with Crippen molar-refractivity contribution in [3.05, 3.63) is 24.3 Å². The van der Waals surface area contributed by atoms with Crippen LogP contribution in [-0.2, 0) is 19.6 Å². The van der Waals surface area contributed by atoms with Gasteiger partial charge in [0.2, 0.25) is 0 Å². The topological polar surface area (TPSA) is 105 Å². The van der Waals surface area contributed by atoms with E-state index >= 15 is 0 Å². The first-order valence-corrected chi connectivity index (χ1v) is 7.20. The lowest BCUT2D eigenvalue weighted by Crippen LogP contribution is -2.26. The average Bonchev–Trinajstić information content (AvgIpc) is 2.80. The van der Waals surface area contributed by atoms with E-state index in [1.54, 1.807) is 0 Å². The molecule has 1 aliphatic heterocycles. The van der Waals surface area contributed by atoms with E-state index in [0.717, 1.165) is 0 Å². The quantitative estimate of drug-likeness (QED) is 0.733. The van der Waals surface area contributed by atoms with Crippen molar-refractivity contribution in [2.24, 2.45) is 0 Å². The molecular weight excluding hydrogens is 288 g/mol. The summed E-state index contributed by atoms with van der Waals surface area (Å²) in [5.74, 6) is 0. The van der Waals surface area contributed by atoms with E-state index in [1.807, 2.05) is 4.89 Å². The van der Waals surface area contributed by atoms with Crippen molar-refractivity contribution in [3.8, 4) is 0 Å². The summed E-state index contributed by atoms with van der Waals surface area (Å²) in [6.45, 7) is -0.0375. The average molecular weight is 302 g/mol. The van der Waals surface area contributed by atoms with Crippen molar-refractivity contribution in [2.75, 3.05) is 25.2 Å². The van der Waals surface area contributed by atoms with Gasteiger partial charge in [0.15, 0.2) is 0 Å². The molecule has 0 saturated carbocycles. The molecule has 1 aliphatic rings. The number of anilines is 1. The van der Waals surface area contributed by atoms with Crippen LogP contribution in [0.15, 0.2) is 29.2 Å². The Morgan fingerprint density at radius 2 is 2.10 bits per heavy atom. The Morgan fingerprint density at radius 1 is 1.45 bits per heavy atom. The smallest absolute Gasteiger partial charge is 0.414 e. The summed E-state index contributed by atoms with van der Waals surface area (Å²) in [6.07, 6.45) is -1.14. The van der Waals surface area contributed by atoms with Gasteiger partial charge in [0, 0.05) is 5.69 Å². The second-order valence-electron chi connectivity index (χ2n) is 4.08. The molecule has 1 heterocycles. The predicted molar refractivity (Wildman–Crippen MR) is 68.5 cm³/mol. The number of nitrogens with one attached hydrogen (secondary N) is 1. The Morgan fingerprint density at radius 3 is 2.60 bits per heavy atom.